The van der Waals surface area contributed by atoms with E-state index in [-0.39, 0.29) is 5.69 Å². The molecular formula is C11H19N3O2. The van der Waals surface area contributed by atoms with Gasteiger partial charge in [-0.15, -0.1) is 0 Å². The van der Waals surface area contributed by atoms with Crippen LogP contribution < -0.4 is 5.73 Å². The molecule has 0 saturated carbocycles. The van der Waals surface area contributed by atoms with E-state index in [1.165, 1.54) is 7.11 Å². The van der Waals surface area contributed by atoms with Gasteiger partial charge in [-0.05, 0) is 5.92 Å². The number of nitrogens with two attached hydrogens (primary N) is 1. The van der Waals surface area contributed by atoms with E-state index in [1.54, 1.807) is 6.33 Å². The molecule has 0 aliphatic carbocycles. The first-order valence-corrected chi connectivity index (χ1v) is 5.52. The van der Waals surface area contributed by atoms with Crippen LogP contribution >= 0.6 is 0 Å². The van der Waals surface area contributed by atoms with Crippen molar-refractivity contribution in [2.45, 2.75) is 33.2 Å². The van der Waals surface area contributed by atoms with Gasteiger partial charge in [0.25, 0.3) is 0 Å². The zero-order valence-corrected chi connectivity index (χ0v) is 10.1. The number of ether oxygens (including phenoxy) is 1. The molecule has 0 amide bonds. The van der Waals surface area contributed by atoms with Crippen LogP contribution in [-0.4, -0.2) is 22.6 Å². The summed E-state index contributed by atoms with van der Waals surface area (Å²) in [5, 5.41) is 0. The topological polar surface area (TPSA) is 70.1 Å². The quantitative estimate of drug-likeness (QED) is 0.774. The van der Waals surface area contributed by atoms with Crippen molar-refractivity contribution >= 4 is 11.8 Å². The van der Waals surface area contributed by atoms with E-state index in [1.807, 2.05) is 4.57 Å². The minimum atomic E-state index is -0.485. The van der Waals surface area contributed by atoms with Gasteiger partial charge in [-0.1, -0.05) is 26.7 Å². The molecule has 1 aromatic rings. The number of methoxy groups -OCH3 is 1. The van der Waals surface area contributed by atoms with E-state index in [9.17, 15) is 4.79 Å². The van der Waals surface area contributed by atoms with Crippen molar-refractivity contribution in [1.82, 2.24) is 9.55 Å². The average molecular weight is 225 g/mol. The van der Waals surface area contributed by atoms with Crippen molar-refractivity contribution in [3.8, 4) is 0 Å². The first-order chi connectivity index (χ1) is 7.63. The number of anilines is 1. The molecule has 0 aromatic carbocycles. The lowest BCUT2D eigenvalue weighted by Crippen LogP contribution is -2.12. The zero-order chi connectivity index (χ0) is 12.1. The molecule has 1 heterocycles. The molecule has 2 N–H and O–H groups in total. The maximum absolute atomic E-state index is 11.3. The molecule has 1 aromatic heterocycles. The van der Waals surface area contributed by atoms with Gasteiger partial charge in [-0.2, -0.15) is 0 Å². The first-order valence-electron chi connectivity index (χ1n) is 5.52. The van der Waals surface area contributed by atoms with E-state index >= 15 is 0 Å². The van der Waals surface area contributed by atoms with Gasteiger partial charge in [-0.3, -0.25) is 0 Å². The van der Waals surface area contributed by atoms with Gasteiger partial charge in [0.1, 0.15) is 5.82 Å². The Hall–Kier alpha value is -1.52. The molecule has 0 bridgehead atoms. The largest absolute Gasteiger partial charge is 0.464 e. The smallest absolute Gasteiger partial charge is 0.360 e. The lowest BCUT2D eigenvalue weighted by Gasteiger charge is -2.13. The van der Waals surface area contributed by atoms with Gasteiger partial charge in [0, 0.05) is 6.54 Å². The van der Waals surface area contributed by atoms with Crippen molar-refractivity contribution in [2.75, 3.05) is 12.8 Å². The first kappa shape index (κ1) is 12.5. The Bertz CT molecular complexity index is 356. The normalized spacial score (nSPS) is 10.8. The van der Waals surface area contributed by atoms with Crippen LogP contribution in [0.2, 0.25) is 0 Å². The third kappa shape index (κ3) is 2.53. The summed E-state index contributed by atoms with van der Waals surface area (Å²) < 4.78 is 6.40. The van der Waals surface area contributed by atoms with Crippen LogP contribution in [0.5, 0.6) is 0 Å². The van der Waals surface area contributed by atoms with Gasteiger partial charge in [0.2, 0.25) is 0 Å². The monoisotopic (exact) mass is 225 g/mol. The molecule has 1 rings (SSSR count). The third-order valence-electron chi connectivity index (χ3n) is 2.87. The van der Waals surface area contributed by atoms with Crippen LogP contribution in [0.3, 0.4) is 0 Å². The Morgan fingerprint density at radius 3 is 2.69 bits per heavy atom. The highest BCUT2D eigenvalue weighted by Gasteiger charge is 2.17. The molecule has 5 heteroatoms. The fraction of sp³-hybridized carbons (Fsp3) is 0.636. The molecule has 0 spiro atoms. The van der Waals surface area contributed by atoms with E-state index < -0.39 is 5.97 Å². The molecule has 90 valence electrons. The van der Waals surface area contributed by atoms with Crippen molar-refractivity contribution in [1.29, 1.82) is 0 Å². The number of hydrogen-bond acceptors (Lipinski definition) is 4. The van der Waals surface area contributed by atoms with Crippen LogP contribution in [0.25, 0.3) is 0 Å². The Kier molecular flexibility index (Phi) is 4.34. The van der Waals surface area contributed by atoms with Gasteiger partial charge in [0.05, 0.1) is 13.4 Å². The number of rotatable bonds is 5. The van der Waals surface area contributed by atoms with E-state index in [0.29, 0.717) is 11.7 Å². The summed E-state index contributed by atoms with van der Waals surface area (Å²) in [7, 11) is 1.32. The number of esters is 1. The summed E-state index contributed by atoms with van der Waals surface area (Å²) in [5.41, 5.74) is 6.04. The molecular weight excluding hydrogens is 206 g/mol. The Morgan fingerprint density at radius 2 is 2.19 bits per heavy atom. The van der Waals surface area contributed by atoms with Crippen LogP contribution in [0.15, 0.2) is 6.33 Å². The highest BCUT2D eigenvalue weighted by atomic mass is 16.5. The van der Waals surface area contributed by atoms with Crippen LogP contribution in [0, 0.1) is 5.92 Å². The second kappa shape index (κ2) is 5.53. The molecule has 16 heavy (non-hydrogen) atoms. The molecule has 0 aliphatic rings. The molecule has 0 atom stereocenters. The Labute approximate surface area is 95.6 Å². The van der Waals surface area contributed by atoms with Crippen molar-refractivity contribution < 1.29 is 9.53 Å². The van der Waals surface area contributed by atoms with Gasteiger partial charge >= 0.3 is 5.97 Å². The van der Waals surface area contributed by atoms with Crippen molar-refractivity contribution in [3.05, 3.63) is 12.0 Å². The molecule has 5 nitrogen and oxygen atoms in total. The zero-order valence-electron chi connectivity index (χ0n) is 10.1. The maximum atomic E-state index is 11.3. The summed E-state index contributed by atoms with van der Waals surface area (Å²) >= 11 is 0. The highest BCUT2D eigenvalue weighted by molar-refractivity contribution is 5.91. The third-order valence-corrected chi connectivity index (χ3v) is 2.87. The average Bonchev–Trinajstić information content (AvgIpc) is 2.66. The SMILES string of the molecule is CCC(CC)Cn1cnc(C(=O)OC)c1N. The van der Waals surface area contributed by atoms with Crippen molar-refractivity contribution in [2.24, 2.45) is 5.92 Å². The second-order valence-electron chi connectivity index (χ2n) is 3.80. The summed E-state index contributed by atoms with van der Waals surface area (Å²) in [6.45, 7) is 5.08. The van der Waals surface area contributed by atoms with Crippen LogP contribution in [0.4, 0.5) is 5.82 Å². The number of hydrogen-bond donors (Lipinski definition) is 1. The maximum Gasteiger partial charge on any atom is 0.360 e. The predicted octanol–water partition coefficient (Wildman–Crippen LogP) is 1.69. The van der Waals surface area contributed by atoms with Crippen LogP contribution in [0.1, 0.15) is 37.2 Å². The van der Waals surface area contributed by atoms with Crippen LogP contribution in [-0.2, 0) is 11.3 Å². The number of carbonyl (C=O) groups is 1. The summed E-state index contributed by atoms with van der Waals surface area (Å²) in [4.78, 5) is 15.3. The number of nitrogen functional groups attached to an aromatic ring is 1. The fourth-order valence-electron chi connectivity index (χ4n) is 1.62. The van der Waals surface area contributed by atoms with E-state index in [4.69, 9.17) is 5.73 Å². The molecule has 0 radical (unpaired) electrons. The Morgan fingerprint density at radius 1 is 1.56 bits per heavy atom. The predicted molar refractivity (Wildman–Crippen MR) is 62.1 cm³/mol. The molecule has 0 saturated heterocycles. The van der Waals surface area contributed by atoms with E-state index in [2.05, 4.69) is 23.6 Å². The summed E-state index contributed by atoms with van der Waals surface area (Å²) in [5.74, 6) is 0.460. The number of imidazole rings is 1. The minimum absolute atomic E-state index is 0.202. The molecule has 0 unspecified atom stereocenters. The molecule has 0 aliphatic heterocycles. The fourth-order valence-corrected chi connectivity index (χ4v) is 1.62. The summed E-state index contributed by atoms with van der Waals surface area (Å²) in [6, 6.07) is 0. The number of carbonyl (C=O) groups excluding carboxylic acids is 1. The van der Waals surface area contributed by atoms with Gasteiger partial charge in [0.15, 0.2) is 5.69 Å². The van der Waals surface area contributed by atoms with Gasteiger partial charge in [-0.25, -0.2) is 9.78 Å². The minimum Gasteiger partial charge on any atom is -0.464 e. The van der Waals surface area contributed by atoms with Crippen molar-refractivity contribution in [3.63, 3.8) is 0 Å². The number of nitrogens with zero attached hydrogens (tertiary/aromatic N) is 2. The van der Waals surface area contributed by atoms with E-state index in [0.717, 1.165) is 19.4 Å². The Balaban J connectivity index is 2.83. The lowest BCUT2D eigenvalue weighted by atomic mass is 10.0. The lowest BCUT2D eigenvalue weighted by molar-refractivity contribution is 0.0596. The van der Waals surface area contributed by atoms with Gasteiger partial charge < -0.3 is 15.0 Å². The second-order valence-corrected chi connectivity index (χ2v) is 3.80. The summed E-state index contributed by atoms with van der Waals surface area (Å²) in [6.07, 6.45) is 3.77. The standard InChI is InChI=1S/C11H19N3O2/c1-4-8(5-2)6-14-7-13-9(10(14)12)11(15)16-3/h7-8H,4-6,12H2,1-3H3. The molecule has 0 fully saturated rings. The number of aromatic nitrogens is 2. The highest BCUT2D eigenvalue weighted by Crippen LogP contribution is 2.16.